The van der Waals surface area contributed by atoms with E-state index in [2.05, 4.69) is 21.2 Å². The molecule has 0 fully saturated rings. The van der Waals surface area contributed by atoms with Gasteiger partial charge in [0.15, 0.2) is 0 Å². The standard InChI is InChI=1S/C12H15BrClNO2/c1-7(2)11(12(16)17)15-6-8-3-4-9(13)10(14)5-8/h3-5,7,11,15H,6H2,1-2H3,(H,16,17)/t11-/m1/s1. The molecule has 0 heterocycles. The van der Waals surface area contributed by atoms with Gasteiger partial charge in [-0.2, -0.15) is 0 Å². The van der Waals surface area contributed by atoms with E-state index in [0.717, 1.165) is 10.0 Å². The molecule has 0 aliphatic rings. The van der Waals surface area contributed by atoms with Crippen LogP contribution in [0.5, 0.6) is 0 Å². The van der Waals surface area contributed by atoms with Crippen LogP contribution in [0.1, 0.15) is 19.4 Å². The summed E-state index contributed by atoms with van der Waals surface area (Å²) in [5.41, 5.74) is 0.963. The van der Waals surface area contributed by atoms with Crippen LogP contribution in [0.25, 0.3) is 0 Å². The molecular formula is C12H15BrClNO2. The first-order chi connectivity index (χ1) is 7.91. The lowest BCUT2D eigenvalue weighted by atomic mass is 10.0. The van der Waals surface area contributed by atoms with Crippen molar-refractivity contribution >= 4 is 33.5 Å². The first-order valence-corrected chi connectivity index (χ1v) is 6.49. The summed E-state index contributed by atoms with van der Waals surface area (Å²) in [6.45, 7) is 4.24. The Morgan fingerprint density at radius 1 is 1.53 bits per heavy atom. The minimum Gasteiger partial charge on any atom is -0.480 e. The normalized spacial score (nSPS) is 12.8. The zero-order valence-corrected chi connectivity index (χ0v) is 12.0. The van der Waals surface area contributed by atoms with Crippen molar-refractivity contribution in [3.8, 4) is 0 Å². The summed E-state index contributed by atoms with van der Waals surface area (Å²) in [4.78, 5) is 11.0. The van der Waals surface area contributed by atoms with Gasteiger partial charge in [-0.25, -0.2) is 0 Å². The maximum atomic E-state index is 11.0. The fraction of sp³-hybridized carbons (Fsp3) is 0.417. The minimum absolute atomic E-state index is 0.0402. The average Bonchev–Trinajstić information content (AvgIpc) is 2.22. The van der Waals surface area contributed by atoms with E-state index in [1.54, 1.807) is 0 Å². The Morgan fingerprint density at radius 2 is 2.18 bits per heavy atom. The highest BCUT2D eigenvalue weighted by Crippen LogP contribution is 2.23. The molecule has 1 atom stereocenters. The number of hydrogen-bond acceptors (Lipinski definition) is 2. The van der Waals surface area contributed by atoms with Crippen LogP contribution in [0.15, 0.2) is 22.7 Å². The molecule has 0 bridgehead atoms. The smallest absolute Gasteiger partial charge is 0.320 e. The van der Waals surface area contributed by atoms with Crippen molar-refractivity contribution in [1.29, 1.82) is 0 Å². The quantitative estimate of drug-likeness (QED) is 0.875. The van der Waals surface area contributed by atoms with Crippen LogP contribution < -0.4 is 5.32 Å². The third kappa shape index (κ3) is 4.30. The van der Waals surface area contributed by atoms with Crippen molar-refractivity contribution in [2.24, 2.45) is 5.92 Å². The summed E-state index contributed by atoms with van der Waals surface area (Å²) < 4.78 is 0.835. The molecule has 1 rings (SSSR count). The van der Waals surface area contributed by atoms with Gasteiger partial charge in [0.2, 0.25) is 0 Å². The average molecular weight is 321 g/mol. The van der Waals surface area contributed by atoms with Crippen molar-refractivity contribution in [3.05, 3.63) is 33.3 Å². The summed E-state index contributed by atoms with van der Waals surface area (Å²) in [6, 6.07) is 5.03. The Balaban J connectivity index is 2.65. The molecule has 0 radical (unpaired) electrons. The fourth-order valence-corrected chi connectivity index (χ4v) is 1.94. The predicted molar refractivity (Wildman–Crippen MR) is 72.3 cm³/mol. The molecule has 0 unspecified atom stereocenters. The second kappa shape index (κ2) is 6.38. The summed E-state index contributed by atoms with van der Waals surface area (Å²) >= 11 is 9.27. The second-order valence-electron chi connectivity index (χ2n) is 4.19. The van der Waals surface area contributed by atoms with Crippen LogP contribution in [0.4, 0.5) is 0 Å². The number of carbonyl (C=O) groups is 1. The molecule has 0 saturated heterocycles. The van der Waals surface area contributed by atoms with E-state index >= 15 is 0 Å². The number of halogens is 2. The molecule has 94 valence electrons. The monoisotopic (exact) mass is 319 g/mol. The molecule has 1 aromatic rings. The number of carboxylic acid groups (broad SMARTS) is 1. The van der Waals surface area contributed by atoms with Crippen molar-refractivity contribution in [3.63, 3.8) is 0 Å². The van der Waals surface area contributed by atoms with Crippen LogP contribution >= 0.6 is 27.5 Å². The van der Waals surface area contributed by atoms with E-state index in [1.165, 1.54) is 0 Å². The summed E-state index contributed by atoms with van der Waals surface area (Å²) in [5.74, 6) is -0.790. The van der Waals surface area contributed by atoms with E-state index in [1.807, 2.05) is 32.0 Å². The van der Waals surface area contributed by atoms with Gasteiger partial charge in [-0.3, -0.25) is 4.79 Å². The lowest BCUT2D eigenvalue weighted by Crippen LogP contribution is -2.40. The zero-order chi connectivity index (χ0) is 13.0. The number of benzene rings is 1. The molecule has 1 aromatic carbocycles. The molecule has 2 N–H and O–H groups in total. The van der Waals surface area contributed by atoms with Gasteiger partial charge in [0.05, 0.1) is 5.02 Å². The third-order valence-corrected chi connectivity index (χ3v) is 3.68. The Bertz CT molecular complexity index is 409. The van der Waals surface area contributed by atoms with Crippen molar-refractivity contribution in [2.45, 2.75) is 26.4 Å². The number of nitrogens with one attached hydrogen (secondary N) is 1. The molecule has 0 saturated carbocycles. The third-order valence-electron chi connectivity index (χ3n) is 2.44. The molecule has 0 amide bonds. The van der Waals surface area contributed by atoms with Crippen molar-refractivity contribution < 1.29 is 9.90 Å². The topological polar surface area (TPSA) is 49.3 Å². The summed E-state index contributed by atoms with van der Waals surface area (Å²) in [5, 5.41) is 12.7. The molecule has 5 heteroatoms. The number of aliphatic carboxylic acids is 1. The first-order valence-electron chi connectivity index (χ1n) is 5.32. The van der Waals surface area contributed by atoms with E-state index in [-0.39, 0.29) is 5.92 Å². The van der Waals surface area contributed by atoms with Crippen molar-refractivity contribution in [1.82, 2.24) is 5.32 Å². The molecule has 0 spiro atoms. The highest BCUT2D eigenvalue weighted by atomic mass is 79.9. The molecule has 3 nitrogen and oxygen atoms in total. The summed E-state index contributed by atoms with van der Waals surface area (Å²) in [6.07, 6.45) is 0. The SMILES string of the molecule is CC(C)[C@@H](NCc1ccc(Br)c(Cl)c1)C(=O)O. The van der Waals surface area contributed by atoms with Gasteiger partial charge < -0.3 is 10.4 Å². The van der Waals surface area contributed by atoms with E-state index in [9.17, 15) is 4.79 Å². The van der Waals surface area contributed by atoms with Gasteiger partial charge in [-0.1, -0.05) is 31.5 Å². The van der Waals surface area contributed by atoms with Gasteiger partial charge in [0.1, 0.15) is 6.04 Å². The lowest BCUT2D eigenvalue weighted by Gasteiger charge is -2.18. The van der Waals surface area contributed by atoms with Crippen LogP contribution in [0.3, 0.4) is 0 Å². The largest absolute Gasteiger partial charge is 0.480 e. The number of rotatable bonds is 5. The fourth-order valence-electron chi connectivity index (χ4n) is 1.49. The minimum atomic E-state index is -0.830. The Hall–Kier alpha value is -0.580. The maximum absolute atomic E-state index is 11.0. The van der Waals surface area contributed by atoms with Crippen LogP contribution in [0, 0.1) is 5.92 Å². The maximum Gasteiger partial charge on any atom is 0.320 e. The molecule has 0 aromatic heterocycles. The van der Waals surface area contributed by atoms with Crippen LogP contribution in [-0.4, -0.2) is 17.1 Å². The second-order valence-corrected chi connectivity index (χ2v) is 5.45. The first kappa shape index (κ1) is 14.5. The Labute approximate surface area is 114 Å². The number of hydrogen-bond donors (Lipinski definition) is 2. The lowest BCUT2D eigenvalue weighted by molar-refractivity contribution is -0.140. The van der Waals surface area contributed by atoms with Gasteiger partial charge >= 0.3 is 5.97 Å². The van der Waals surface area contributed by atoms with Gasteiger partial charge in [-0.15, -0.1) is 0 Å². The highest BCUT2D eigenvalue weighted by molar-refractivity contribution is 9.10. The molecule has 0 aliphatic heterocycles. The number of carboxylic acids is 1. The summed E-state index contributed by atoms with van der Waals surface area (Å²) in [7, 11) is 0. The van der Waals surface area contributed by atoms with Crippen LogP contribution in [0.2, 0.25) is 5.02 Å². The van der Waals surface area contributed by atoms with Gasteiger partial charge in [-0.05, 0) is 39.5 Å². The Kier molecular flexibility index (Phi) is 5.43. The molecular weight excluding hydrogens is 305 g/mol. The highest BCUT2D eigenvalue weighted by Gasteiger charge is 2.20. The zero-order valence-electron chi connectivity index (χ0n) is 9.71. The predicted octanol–water partition coefficient (Wildman–Crippen LogP) is 3.30. The van der Waals surface area contributed by atoms with E-state index in [4.69, 9.17) is 16.7 Å². The van der Waals surface area contributed by atoms with Gasteiger partial charge in [0.25, 0.3) is 0 Å². The van der Waals surface area contributed by atoms with Gasteiger partial charge in [0, 0.05) is 11.0 Å². The van der Waals surface area contributed by atoms with E-state index < -0.39 is 12.0 Å². The van der Waals surface area contributed by atoms with Crippen LogP contribution in [-0.2, 0) is 11.3 Å². The molecule has 17 heavy (non-hydrogen) atoms. The van der Waals surface area contributed by atoms with E-state index in [0.29, 0.717) is 11.6 Å². The van der Waals surface area contributed by atoms with Crippen molar-refractivity contribution in [2.75, 3.05) is 0 Å². The Morgan fingerprint density at radius 3 is 2.65 bits per heavy atom. The molecule has 0 aliphatic carbocycles.